The molecule has 0 amide bonds. The number of fused-ring (bicyclic) bond motifs is 2. The summed E-state index contributed by atoms with van der Waals surface area (Å²) < 4.78 is 8.70. The van der Waals surface area contributed by atoms with Gasteiger partial charge in [0.25, 0.3) is 0 Å². The van der Waals surface area contributed by atoms with E-state index in [1.54, 1.807) is 18.4 Å². The first-order valence-electron chi connectivity index (χ1n) is 10.6. The number of nitrogen functional groups attached to an aromatic ring is 1. The maximum atomic E-state index is 6.43. The van der Waals surface area contributed by atoms with E-state index in [1.165, 1.54) is 17.3 Å². The number of likely N-dealkylation sites (tertiary alicyclic amines) is 1. The lowest BCUT2D eigenvalue weighted by Crippen LogP contribution is -2.51. The fourth-order valence-corrected chi connectivity index (χ4v) is 5.87. The van der Waals surface area contributed by atoms with Crippen molar-refractivity contribution in [2.75, 3.05) is 25.9 Å². The number of hydrogen-bond donors (Lipinski definition) is 2. The highest BCUT2D eigenvalue weighted by molar-refractivity contribution is 7.22. The quantitative estimate of drug-likeness (QED) is 0.505. The Kier molecular flexibility index (Phi) is 4.88. The summed E-state index contributed by atoms with van der Waals surface area (Å²) in [5.74, 6) is 1.38. The molecule has 7 nitrogen and oxygen atoms in total. The van der Waals surface area contributed by atoms with Crippen LogP contribution in [0, 0.1) is 6.92 Å². The molecule has 0 aliphatic carbocycles. The molecule has 0 radical (unpaired) electrons. The molecule has 31 heavy (non-hydrogen) atoms. The Morgan fingerprint density at radius 3 is 2.87 bits per heavy atom. The number of aromatic nitrogens is 3. The maximum Gasteiger partial charge on any atom is 0.152 e. The molecule has 1 aliphatic rings. The molecule has 0 saturated carbocycles. The standard InChI is InChI=1S/C23H28N6OS/c1-14-7-15-9-19(31-21(15)18(8-14)30-3)17-10-16(29-20(17)22(24)26-13-27-29)11-28-6-4-5-23(2,25)12-28/h7-10,13H,4-6,11-12,25H2,1-3H3,(H2,24,26,27). The minimum absolute atomic E-state index is 0.151. The lowest BCUT2D eigenvalue weighted by Gasteiger charge is -2.37. The third-order valence-electron chi connectivity index (χ3n) is 6.06. The molecule has 1 aliphatic heterocycles. The second-order valence-corrected chi connectivity index (χ2v) is 9.97. The van der Waals surface area contributed by atoms with Crippen LogP contribution in [0.15, 0.2) is 30.6 Å². The molecule has 4 N–H and O–H groups in total. The molecular formula is C23H28N6OS. The molecule has 1 aromatic carbocycles. The summed E-state index contributed by atoms with van der Waals surface area (Å²) in [6.07, 6.45) is 3.69. The number of piperidine rings is 1. The normalized spacial score (nSPS) is 20.0. The van der Waals surface area contributed by atoms with Crippen molar-refractivity contribution in [3.63, 3.8) is 0 Å². The topological polar surface area (TPSA) is 94.7 Å². The van der Waals surface area contributed by atoms with Gasteiger partial charge in [-0.1, -0.05) is 6.07 Å². The van der Waals surface area contributed by atoms with Gasteiger partial charge < -0.3 is 16.2 Å². The Labute approximate surface area is 185 Å². The first kappa shape index (κ1) is 20.2. The second-order valence-electron chi connectivity index (χ2n) is 8.92. The van der Waals surface area contributed by atoms with Crippen molar-refractivity contribution in [3.8, 4) is 16.2 Å². The highest BCUT2D eigenvalue weighted by atomic mass is 32.1. The molecular weight excluding hydrogens is 408 g/mol. The van der Waals surface area contributed by atoms with E-state index in [2.05, 4.69) is 53.1 Å². The van der Waals surface area contributed by atoms with Gasteiger partial charge in [-0.2, -0.15) is 5.10 Å². The number of thiophene rings is 1. The number of nitrogens with two attached hydrogens (primary N) is 2. The molecule has 0 spiro atoms. The molecule has 1 atom stereocenters. The number of benzene rings is 1. The van der Waals surface area contributed by atoms with Crippen molar-refractivity contribution >= 4 is 32.8 Å². The van der Waals surface area contributed by atoms with Gasteiger partial charge >= 0.3 is 0 Å². The van der Waals surface area contributed by atoms with Crippen LogP contribution in [0.5, 0.6) is 5.75 Å². The van der Waals surface area contributed by atoms with Gasteiger partial charge in [-0.25, -0.2) is 9.50 Å². The zero-order valence-corrected chi connectivity index (χ0v) is 19.0. The van der Waals surface area contributed by atoms with Crippen molar-refractivity contribution < 1.29 is 4.74 Å². The Morgan fingerprint density at radius 2 is 2.10 bits per heavy atom. The molecule has 0 bridgehead atoms. The smallest absolute Gasteiger partial charge is 0.152 e. The van der Waals surface area contributed by atoms with Gasteiger partial charge in [-0.3, -0.25) is 4.90 Å². The zero-order valence-electron chi connectivity index (χ0n) is 18.2. The summed E-state index contributed by atoms with van der Waals surface area (Å²) in [5, 5.41) is 5.71. The van der Waals surface area contributed by atoms with Crippen LogP contribution in [-0.2, 0) is 6.54 Å². The van der Waals surface area contributed by atoms with E-state index in [4.69, 9.17) is 16.2 Å². The molecule has 4 heterocycles. The summed E-state index contributed by atoms with van der Waals surface area (Å²) in [4.78, 5) is 7.81. The number of methoxy groups -OCH3 is 1. The van der Waals surface area contributed by atoms with Crippen LogP contribution in [0.25, 0.3) is 26.0 Å². The van der Waals surface area contributed by atoms with Crippen LogP contribution >= 0.6 is 11.3 Å². The van der Waals surface area contributed by atoms with Gasteiger partial charge in [0.05, 0.1) is 17.5 Å². The van der Waals surface area contributed by atoms with E-state index in [9.17, 15) is 0 Å². The van der Waals surface area contributed by atoms with E-state index in [-0.39, 0.29) is 5.54 Å². The van der Waals surface area contributed by atoms with Crippen LogP contribution in [-0.4, -0.2) is 45.2 Å². The Morgan fingerprint density at radius 1 is 1.26 bits per heavy atom. The Bertz CT molecular complexity index is 1270. The van der Waals surface area contributed by atoms with Gasteiger partial charge in [-0.05, 0) is 62.4 Å². The number of aryl methyl sites for hydroxylation is 1. The third kappa shape index (κ3) is 3.64. The number of hydrogen-bond acceptors (Lipinski definition) is 7. The van der Waals surface area contributed by atoms with Crippen LogP contribution in [0.1, 0.15) is 31.0 Å². The molecule has 1 saturated heterocycles. The predicted octanol–water partition coefficient (Wildman–Crippen LogP) is 3.82. The number of rotatable bonds is 4. The minimum Gasteiger partial charge on any atom is -0.495 e. The first-order chi connectivity index (χ1) is 14.8. The fraction of sp³-hybridized carbons (Fsp3) is 0.391. The monoisotopic (exact) mass is 436 g/mol. The summed E-state index contributed by atoms with van der Waals surface area (Å²) >= 11 is 1.71. The second kappa shape index (κ2) is 7.47. The van der Waals surface area contributed by atoms with Crippen LogP contribution in [0.3, 0.4) is 0 Å². The molecule has 4 aromatic rings. The molecule has 8 heteroatoms. The predicted molar refractivity (Wildman–Crippen MR) is 127 cm³/mol. The zero-order chi connectivity index (χ0) is 21.8. The van der Waals surface area contributed by atoms with Gasteiger partial charge in [0, 0.05) is 29.1 Å². The van der Waals surface area contributed by atoms with E-state index in [0.717, 1.165) is 64.6 Å². The summed E-state index contributed by atoms with van der Waals surface area (Å²) in [7, 11) is 1.72. The number of ether oxygens (including phenoxy) is 1. The minimum atomic E-state index is -0.151. The SMILES string of the molecule is COc1cc(C)cc2cc(-c3cc(CN4CCCC(C)(N)C4)n4ncnc(N)c34)sc12. The van der Waals surface area contributed by atoms with Crippen molar-refractivity contribution in [1.29, 1.82) is 0 Å². The van der Waals surface area contributed by atoms with Crippen LogP contribution < -0.4 is 16.2 Å². The van der Waals surface area contributed by atoms with E-state index in [0.29, 0.717) is 5.82 Å². The van der Waals surface area contributed by atoms with Crippen molar-refractivity contribution in [3.05, 3.63) is 41.9 Å². The molecule has 3 aromatic heterocycles. The van der Waals surface area contributed by atoms with Crippen LogP contribution in [0.2, 0.25) is 0 Å². The summed E-state index contributed by atoms with van der Waals surface area (Å²) in [5.41, 5.74) is 16.8. The fourth-order valence-electron chi connectivity index (χ4n) is 4.72. The Hall–Kier alpha value is -2.68. The first-order valence-corrected chi connectivity index (χ1v) is 11.4. The van der Waals surface area contributed by atoms with Crippen molar-refractivity contribution in [2.45, 2.75) is 38.8 Å². The molecule has 5 rings (SSSR count). The highest BCUT2D eigenvalue weighted by Crippen LogP contribution is 2.42. The average Bonchev–Trinajstić information content (AvgIpc) is 3.29. The van der Waals surface area contributed by atoms with Gasteiger partial charge in [0.15, 0.2) is 5.82 Å². The van der Waals surface area contributed by atoms with Gasteiger partial charge in [-0.15, -0.1) is 11.3 Å². The van der Waals surface area contributed by atoms with Gasteiger partial charge in [0.1, 0.15) is 17.6 Å². The highest BCUT2D eigenvalue weighted by Gasteiger charge is 2.28. The Balaban J connectivity index is 1.62. The lowest BCUT2D eigenvalue weighted by atomic mass is 9.92. The van der Waals surface area contributed by atoms with E-state index >= 15 is 0 Å². The number of nitrogens with zero attached hydrogens (tertiary/aromatic N) is 4. The summed E-state index contributed by atoms with van der Waals surface area (Å²) in [6, 6.07) is 8.67. The van der Waals surface area contributed by atoms with Gasteiger partial charge in [0.2, 0.25) is 0 Å². The largest absolute Gasteiger partial charge is 0.495 e. The third-order valence-corrected chi connectivity index (χ3v) is 7.26. The average molecular weight is 437 g/mol. The molecule has 1 unspecified atom stereocenters. The van der Waals surface area contributed by atoms with Crippen LogP contribution in [0.4, 0.5) is 5.82 Å². The number of anilines is 1. The summed E-state index contributed by atoms with van der Waals surface area (Å²) in [6.45, 7) is 6.90. The molecule has 1 fully saturated rings. The van der Waals surface area contributed by atoms with E-state index < -0.39 is 0 Å². The van der Waals surface area contributed by atoms with E-state index in [1.807, 2.05) is 4.52 Å². The maximum absolute atomic E-state index is 6.43. The van der Waals surface area contributed by atoms with Crippen molar-refractivity contribution in [2.24, 2.45) is 5.73 Å². The molecule has 162 valence electrons. The van der Waals surface area contributed by atoms with Crippen molar-refractivity contribution in [1.82, 2.24) is 19.5 Å². The lowest BCUT2D eigenvalue weighted by molar-refractivity contribution is 0.151.